The van der Waals surface area contributed by atoms with Crippen LogP contribution in [0.25, 0.3) is 0 Å². The van der Waals surface area contributed by atoms with Crippen LogP contribution in [-0.2, 0) is 34.3 Å². The molecule has 4 aliphatic rings. The maximum atomic E-state index is 15.3. The Morgan fingerprint density at radius 3 is 2.43 bits per heavy atom. The van der Waals surface area contributed by atoms with Crippen molar-refractivity contribution >= 4 is 31.9 Å². The number of likely N-dealkylation sites (N-methyl/N-ethyl adjacent to an activating group) is 1. The fourth-order valence-corrected chi connectivity index (χ4v) is 11.2. The number of carbonyl (C=O) groups is 1. The number of amides is 1. The molecule has 3 saturated carbocycles. The molecule has 7 nitrogen and oxygen atoms in total. The summed E-state index contributed by atoms with van der Waals surface area (Å²) in [6, 6.07) is 9.73. The van der Waals surface area contributed by atoms with Gasteiger partial charge in [0.15, 0.2) is 0 Å². The summed E-state index contributed by atoms with van der Waals surface area (Å²) in [7, 11) is 0.300. The van der Waals surface area contributed by atoms with E-state index in [1.54, 1.807) is 0 Å². The molecule has 1 saturated heterocycles. The van der Waals surface area contributed by atoms with Crippen LogP contribution in [0.5, 0.6) is 0 Å². The number of hydrogen-bond acceptors (Lipinski definition) is 5. The van der Waals surface area contributed by atoms with Crippen LogP contribution >= 0.6 is 15.9 Å². The van der Waals surface area contributed by atoms with E-state index in [9.17, 15) is 13.2 Å². The second-order valence-corrected chi connectivity index (χ2v) is 20.1. The summed E-state index contributed by atoms with van der Waals surface area (Å²) in [5.74, 6) is 0.102. The monoisotopic (exact) mass is 764 g/mol. The van der Waals surface area contributed by atoms with Crippen LogP contribution in [0.15, 0.2) is 40.9 Å². The van der Waals surface area contributed by atoms with Gasteiger partial charge in [-0.2, -0.15) is 4.31 Å². The van der Waals surface area contributed by atoms with Crippen molar-refractivity contribution in [1.82, 2.24) is 19.8 Å². The molecule has 6 atom stereocenters. The van der Waals surface area contributed by atoms with Crippen LogP contribution in [0.4, 0.5) is 8.78 Å². The number of benzene rings is 2. The van der Waals surface area contributed by atoms with Crippen molar-refractivity contribution in [2.75, 3.05) is 26.4 Å². The number of halogens is 3. The van der Waals surface area contributed by atoms with Gasteiger partial charge in [-0.3, -0.25) is 4.79 Å². The minimum atomic E-state index is -3.61. The zero-order chi connectivity index (χ0) is 36.1. The van der Waals surface area contributed by atoms with E-state index in [1.165, 1.54) is 22.9 Å². The first-order valence-electron chi connectivity index (χ1n) is 17.6. The standard InChI is InChI=1S/C38H55BrF2N4O3S/c1-24-29-17-27(37(29,5)6)18-32(24)43-35(46)33-14-15-49(47,48)45(33)21-26-11-9-10-25(16-26)20-42-38(23-44(7)8,22-36(2,3)4)19-28-31(40)13-12-30(39)34(28)41/h9-13,16,24,27,29,32-33,42H,14-15,17-23H2,1-8H3,(H,43,46)/t24-,27+,29-,32-,33?,38+/m0/s1. The summed E-state index contributed by atoms with van der Waals surface area (Å²) < 4.78 is 58.6. The summed E-state index contributed by atoms with van der Waals surface area (Å²) >= 11 is 3.23. The van der Waals surface area contributed by atoms with Crippen LogP contribution in [0.2, 0.25) is 0 Å². The van der Waals surface area contributed by atoms with Gasteiger partial charge in [0.2, 0.25) is 15.9 Å². The van der Waals surface area contributed by atoms with E-state index < -0.39 is 33.2 Å². The molecular weight excluding hydrogens is 710 g/mol. The Kier molecular flexibility index (Phi) is 11.1. The van der Waals surface area contributed by atoms with Crippen molar-refractivity contribution < 1.29 is 22.0 Å². The van der Waals surface area contributed by atoms with E-state index in [4.69, 9.17) is 0 Å². The first-order chi connectivity index (χ1) is 22.7. The number of sulfonamides is 1. The lowest BCUT2D eigenvalue weighted by molar-refractivity contribution is -0.136. The number of carbonyl (C=O) groups excluding carboxylic acids is 1. The van der Waals surface area contributed by atoms with Crippen LogP contribution < -0.4 is 10.6 Å². The summed E-state index contributed by atoms with van der Waals surface area (Å²) in [6.45, 7) is 14.3. The third kappa shape index (κ3) is 8.43. The van der Waals surface area contributed by atoms with Crippen molar-refractivity contribution in [3.8, 4) is 0 Å². The number of rotatable bonds is 12. The molecule has 1 amide bonds. The van der Waals surface area contributed by atoms with Gasteiger partial charge in [0.1, 0.15) is 17.7 Å². The van der Waals surface area contributed by atoms with E-state index >= 15 is 8.78 Å². The van der Waals surface area contributed by atoms with Crippen molar-refractivity contribution in [3.05, 3.63) is 69.2 Å². The maximum absolute atomic E-state index is 15.3. The van der Waals surface area contributed by atoms with E-state index in [-0.39, 0.29) is 52.5 Å². The van der Waals surface area contributed by atoms with Crippen LogP contribution in [0.1, 0.15) is 83.9 Å². The molecule has 2 aromatic rings. The number of hydrogen-bond donors (Lipinski definition) is 2. The first kappa shape index (κ1) is 38.3. The van der Waals surface area contributed by atoms with Crippen LogP contribution in [0.3, 0.4) is 0 Å². The Balaban J connectivity index is 1.33. The SMILES string of the molecule is C[C@@H]1[C@@H](NC(=O)C2CCS(=O)(=O)N2Cc2cccc(CN[C@@](Cc3c(F)ccc(Br)c3F)(CN(C)C)CC(C)(C)C)c2)C[C@H]2C[C@@H]1C2(C)C. The van der Waals surface area contributed by atoms with Crippen molar-refractivity contribution in [3.63, 3.8) is 0 Å². The Morgan fingerprint density at radius 2 is 1.80 bits per heavy atom. The molecule has 0 aromatic heterocycles. The molecule has 3 aliphatic carbocycles. The molecule has 6 rings (SSSR count). The maximum Gasteiger partial charge on any atom is 0.238 e. The number of nitrogens with zero attached hydrogens (tertiary/aromatic N) is 2. The normalized spacial score (nSPS) is 27.5. The fourth-order valence-electron chi connectivity index (χ4n) is 9.16. The second kappa shape index (κ2) is 14.2. The van der Waals surface area contributed by atoms with Gasteiger partial charge in [0, 0.05) is 36.8 Å². The number of nitrogens with one attached hydrogen (secondary N) is 2. The highest BCUT2D eigenvalue weighted by Gasteiger charge is 2.57. The quantitative estimate of drug-likeness (QED) is 0.230. The van der Waals surface area contributed by atoms with Crippen molar-refractivity contribution in [2.24, 2.45) is 28.6 Å². The van der Waals surface area contributed by atoms with Crippen LogP contribution in [-0.4, -0.2) is 67.5 Å². The molecule has 1 unspecified atom stereocenters. The highest BCUT2D eigenvalue weighted by Crippen LogP contribution is 2.61. The molecule has 1 aliphatic heterocycles. The molecular formula is C38H55BrF2N4O3S. The summed E-state index contributed by atoms with van der Waals surface area (Å²) in [5.41, 5.74) is 1.19. The lowest BCUT2D eigenvalue weighted by Gasteiger charge is -2.62. The smallest absolute Gasteiger partial charge is 0.238 e. The van der Waals surface area contributed by atoms with Gasteiger partial charge in [0.05, 0.1) is 10.2 Å². The highest BCUT2D eigenvalue weighted by atomic mass is 79.9. The summed E-state index contributed by atoms with van der Waals surface area (Å²) in [5, 5.41) is 6.96. The molecule has 11 heteroatoms. The number of fused-ring (bicyclic) bond motifs is 2. The minimum Gasteiger partial charge on any atom is -0.352 e. The lowest BCUT2D eigenvalue weighted by Crippen LogP contribution is -2.61. The topological polar surface area (TPSA) is 81.8 Å². The molecule has 272 valence electrons. The Bertz CT molecular complexity index is 1650. The molecule has 2 N–H and O–H groups in total. The van der Waals surface area contributed by atoms with E-state index in [0.717, 1.165) is 17.5 Å². The zero-order valence-corrected chi connectivity index (χ0v) is 32.8. The molecule has 2 bridgehead atoms. The predicted octanol–water partition coefficient (Wildman–Crippen LogP) is 6.89. The predicted molar refractivity (Wildman–Crippen MR) is 195 cm³/mol. The average Bonchev–Trinajstić information content (AvgIpc) is 3.29. The van der Waals surface area contributed by atoms with Crippen LogP contribution in [0, 0.1) is 40.2 Å². The molecule has 2 aromatic carbocycles. The highest BCUT2D eigenvalue weighted by molar-refractivity contribution is 9.10. The second-order valence-electron chi connectivity index (χ2n) is 17.2. The van der Waals surface area contributed by atoms with Gasteiger partial charge in [-0.15, -0.1) is 0 Å². The molecule has 49 heavy (non-hydrogen) atoms. The summed E-state index contributed by atoms with van der Waals surface area (Å²) in [4.78, 5) is 15.7. The molecule has 1 heterocycles. The Labute approximate surface area is 301 Å². The molecule has 4 fully saturated rings. The van der Waals surface area contributed by atoms with E-state index in [0.29, 0.717) is 42.7 Å². The van der Waals surface area contributed by atoms with Gasteiger partial charge in [-0.25, -0.2) is 17.2 Å². The average molecular weight is 766 g/mol. The van der Waals surface area contributed by atoms with Gasteiger partial charge in [-0.1, -0.05) is 65.8 Å². The molecule has 0 radical (unpaired) electrons. The first-order valence-corrected chi connectivity index (χ1v) is 20.0. The summed E-state index contributed by atoms with van der Waals surface area (Å²) in [6.07, 6.45) is 3.21. The lowest BCUT2D eigenvalue weighted by atomic mass is 9.45. The Morgan fingerprint density at radius 1 is 1.10 bits per heavy atom. The largest absolute Gasteiger partial charge is 0.352 e. The van der Waals surface area contributed by atoms with Gasteiger partial charge in [-0.05, 0) is 114 Å². The van der Waals surface area contributed by atoms with Gasteiger partial charge in [0.25, 0.3) is 0 Å². The van der Waals surface area contributed by atoms with Gasteiger partial charge >= 0.3 is 0 Å². The zero-order valence-electron chi connectivity index (χ0n) is 30.4. The minimum absolute atomic E-state index is 0.0358. The van der Waals surface area contributed by atoms with Crippen molar-refractivity contribution in [2.45, 2.75) is 104 Å². The van der Waals surface area contributed by atoms with E-state index in [2.05, 4.69) is 68.1 Å². The Hall–Kier alpha value is -1.92. The van der Waals surface area contributed by atoms with Crippen molar-refractivity contribution in [1.29, 1.82) is 0 Å². The molecule has 0 spiro atoms. The van der Waals surface area contributed by atoms with E-state index in [1.807, 2.05) is 43.3 Å². The van der Waals surface area contributed by atoms with Gasteiger partial charge < -0.3 is 15.5 Å². The third-order valence-corrected chi connectivity index (χ3v) is 13.9. The fraction of sp³-hybridized carbons (Fsp3) is 0.658. The third-order valence-electron chi connectivity index (χ3n) is 11.5.